The Morgan fingerprint density at radius 3 is 1.47 bits per heavy atom. The number of rotatable bonds is 10. The molecule has 8 N–H and O–H groups in total. The number of aromatic nitrogens is 8. The number of ether oxygens (including phenoxy) is 2. The van der Waals surface area contributed by atoms with Crippen molar-refractivity contribution in [3.05, 3.63) is 25.3 Å². The maximum atomic E-state index is 11.5. The summed E-state index contributed by atoms with van der Waals surface area (Å²) in [6, 6.07) is 0. The van der Waals surface area contributed by atoms with E-state index in [9.17, 15) is 15.3 Å². The molecule has 0 amide bonds. The molecule has 0 aromatic carbocycles. The fourth-order valence-corrected chi connectivity index (χ4v) is 24.8. The van der Waals surface area contributed by atoms with Gasteiger partial charge in [-0.2, -0.15) is 11.1 Å². The van der Waals surface area contributed by atoms with Crippen LogP contribution in [0.15, 0.2) is 25.3 Å². The first kappa shape index (κ1) is 52.3. The van der Waals surface area contributed by atoms with Crippen LogP contribution < -0.4 is 11.5 Å². The molecule has 3 aliphatic heterocycles. The molecule has 3 aliphatic rings. The molecule has 3 saturated heterocycles. The lowest BCUT2D eigenvalue weighted by atomic mass is 10.1. The van der Waals surface area contributed by atoms with E-state index >= 15 is 0 Å². The molecule has 7 heterocycles. The van der Waals surface area contributed by atoms with Gasteiger partial charge in [0.05, 0.1) is 25.9 Å². The van der Waals surface area contributed by atoms with Crippen molar-refractivity contribution in [2.75, 3.05) is 24.7 Å². The third-order valence-electron chi connectivity index (χ3n) is 13.1. The summed E-state index contributed by atoms with van der Waals surface area (Å²) in [7, 11) is -7.05. The van der Waals surface area contributed by atoms with Gasteiger partial charge in [-0.3, -0.25) is 9.13 Å². The molecule has 4 aromatic rings. The predicted octanol–water partition coefficient (Wildman–Crippen LogP) is 6.04. The highest BCUT2D eigenvalue weighted by molar-refractivity contribution is 7.22. The summed E-state index contributed by atoms with van der Waals surface area (Å²) in [6.07, 6.45) is -1.20. The van der Waals surface area contributed by atoms with Gasteiger partial charge in [0.15, 0.2) is 42.8 Å². The molecular formula is C41H73ClN10O9Si3. The Balaban J connectivity index is 0.000000214. The number of hydrogen-bond donors (Lipinski definition) is 6. The fourth-order valence-electron chi connectivity index (χ4n) is 9.59. The lowest BCUT2D eigenvalue weighted by Crippen LogP contribution is -2.65. The zero-order valence-corrected chi connectivity index (χ0v) is 43.6. The number of nitrogens with two attached hydrogens (primary N) is 2. The number of anilines is 2. The van der Waals surface area contributed by atoms with Crippen LogP contribution in [-0.2, 0) is 22.4 Å². The monoisotopic (exact) mass is 968 g/mol. The van der Waals surface area contributed by atoms with Gasteiger partial charge in [-0.1, -0.05) is 96.9 Å². The average Bonchev–Trinajstić information content (AvgIpc) is 3.99. The summed E-state index contributed by atoms with van der Waals surface area (Å²) in [5.41, 5.74) is 16.2. The molecule has 19 nitrogen and oxygen atoms in total. The number of nitrogen functional groups attached to an aromatic ring is 2. The zero-order valence-electron chi connectivity index (χ0n) is 39.8. The van der Waals surface area contributed by atoms with E-state index < -0.39 is 80.2 Å². The van der Waals surface area contributed by atoms with E-state index in [-0.39, 0.29) is 33.8 Å². The Morgan fingerprint density at radius 1 is 0.656 bits per heavy atom. The van der Waals surface area contributed by atoms with Crippen molar-refractivity contribution < 1.29 is 42.9 Å². The third kappa shape index (κ3) is 9.67. The Labute approximate surface area is 384 Å². The average molecular weight is 970 g/mol. The van der Waals surface area contributed by atoms with E-state index in [0.29, 0.717) is 45.6 Å². The van der Waals surface area contributed by atoms with E-state index in [1.807, 2.05) is 0 Å². The van der Waals surface area contributed by atoms with Crippen molar-refractivity contribution in [3.8, 4) is 0 Å². The predicted molar refractivity (Wildman–Crippen MR) is 253 cm³/mol. The molecule has 360 valence electrons. The van der Waals surface area contributed by atoms with Gasteiger partial charge in [-0.05, 0) is 38.8 Å². The number of nitrogens with zero attached hydrogens (tertiary/aromatic N) is 8. The standard InChI is InChI=1S/C22H39N5O5Si2.C10H13N5O4.C9H21ClSi/c1-12(2)33(13(3)4)29-9-16-19(31-34(32-33,14(5)6)15(7)8)18(28)22(30-16)27-11-26-17-20(23)24-10-25-21(17)27;11-8-5-9(13-2-12-8)15(3-14-5)10-7(18)6(17)4(1-16)19-10;1-7(2)11(10,8(3)4)9(5)6/h10-16,18-19,22,28H,9H2,1-8H3,(H2,23,24,25);2-4,6-7,10,16-18H,1H2,(H2,11,12,13);7-9H,1-6H3/t16-,18-,19-,22-;4-,6-,7-,10-;/m11./s1. The minimum Gasteiger partial charge on any atom is -0.414 e. The van der Waals surface area contributed by atoms with Crippen LogP contribution in [0.2, 0.25) is 38.8 Å². The summed E-state index contributed by atoms with van der Waals surface area (Å²) >= 11 is 6.68. The molecule has 3 fully saturated rings. The number of aliphatic hydroxyl groups excluding tert-OH is 4. The highest BCUT2D eigenvalue weighted by Crippen LogP contribution is 2.49. The molecular weight excluding hydrogens is 896 g/mol. The van der Waals surface area contributed by atoms with Crippen LogP contribution in [0.1, 0.15) is 109 Å². The van der Waals surface area contributed by atoms with E-state index in [1.165, 1.54) is 23.5 Å². The van der Waals surface area contributed by atoms with Crippen molar-refractivity contribution in [3.63, 3.8) is 0 Å². The van der Waals surface area contributed by atoms with E-state index in [0.717, 1.165) is 0 Å². The van der Waals surface area contributed by atoms with Gasteiger partial charge in [0.2, 0.25) is 0 Å². The van der Waals surface area contributed by atoms with Crippen molar-refractivity contribution in [2.45, 2.75) is 185 Å². The van der Waals surface area contributed by atoms with Crippen LogP contribution in [0.5, 0.6) is 0 Å². The number of halogens is 1. The lowest BCUT2D eigenvalue weighted by Gasteiger charge is -2.51. The van der Waals surface area contributed by atoms with Gasteiger partial charge >= 0.3 is 17.1 Å². The number of aliphatic hydroxyl groups is 4. The first-order valence-corrected chi connectivity index (χ1v) is 29.6. The van der Waals surface area contributed by atoms with Gasteiger partial charge in [-0.25, -0.2) is 29.9 Å². The maximum Gasteiger partial charge on any atom is 0.335 e. The molecule has 0 saturated carbocycles. The van der Waals surface area contributed by atoms with Crippen LogP contribution >= 0.6 is 11.1 Å². The van der Waals surface area contributed by atoms with Crippen molar-refractivity contribution in [1.82, 2.24) is 39.0 Å². The smallest absolute Gasteiger partial charge is 0.335 e. The normalized spacial score (nSPS) is 27.1. The number of fused-ring (bicyclic) bond motifs is 3. The second kappa shape index (κ2) is 20.7. The molecule has 8 atom stereocenters. The van der Waals surface area contributed by atoms with E-state index in [2.05, 4.69) is 127 Å². The first-order valence-electron chi connectivity index (χ1n) is 22.4. The highest BCUT2D eigenvalue weighted by atomic mass is 35.6. The van der Waals surface area contributed by atoms with Crippen molar-refractivity contribution in [1.29, 1.82) is 0 Å². The van der Waals surface area contributed by atoms with Crippen LogP contribution in [0.25, 0.3) is 22.3 Å². The highest BCUT2D eigenvalue weighted by Gasteiger charge is 2.62. The largest absolute Gasteiger partial charge is 0.414 e. The summed E-state index contributed by atoms with van der Waals surface area (Å²) in [6.45, 7) is 30.8. The molecule has 4 aromatic heterocycles. The molecule has 7 rings (SSSR count). The van der Waals surface area contributed by atoms with E-state index in [4.69, 9.17) is 50.1 Å². The Kier molecular flexibility index (Phi) is 16.9. The Hall–Kier alpha value is -2.72. The van der Waals surface area contributed by atoms with Crippen molar-refractivity contribution >= 4 is 69.5 Å². The number of imidazole rings is 2. The number of hydrogen-bond acceptors (Lipinski definition) is 17. The van der Waals surface area contributed by atoms with Gasteiger partial charge in [0, 0.05) is 0 Å². The van der Waals surface area contributed by atoms with Crippen LogP contribution in [0.3, 0.4) is 0 Å². The van der Waals surface area contributed by atoms with Crippen LogP contribution in [-0.4, -0.2) is 134 Å². The van der Waals surface area contributed by atoms with Gasteiger partial charge < -0.3 is 54.3 Å². The minimum atomic E-state index is -2.86. The minimum absolute atomic E-state index is 0.159. The third-order valence-corrected chi connectivity index (χ3v) is 32.6. The molecule has 64 heavy (non-hydrogen) atoms. The Morgan fingerprint density at radius 2 is 1.09 bits per heavy atom. The topological polar surface area (TPSA) is 266 Å². The molecule has 23 heteroatoms. The first-order chi connectivity index (χ1) is 29.9. The summed E-state index contributed by atoms with van der Waals surface area (Å²) in [5, 5.41) is 40.2. The molecule has 0 bridgehead atoms. The summed E-state index contributed by atoms with van der Waals surface area (Å²) in [4.78, 5) is 24.6. The molecule has 0 spiro atoms. The van der Waals surface area contributed by atoms with Gasteiger partial charge in [-0.15, -0.1) is 0 Å². The van der Waals surface area contributed by atoms with Crippen molar-refractivity contribution in [2.24, 2.45) is 0 Å². The van der Waals surface area contributed by atoms with E-state index in [1.54, 1.807) is 10.9 Å². The second-order valence-electron chi connectivity index (χ2n) is 19.3. The Bertz CT molecular complexity index is 2110. The molecule has 0 unspecified atom stereocenters. The maximum absolute atomic E-state index is 11.5. The molecule has 0 aliphatic carbocycles. The quantitative estimate of drug-likeness (QED) is 0.0781. The lowest BCUT2D eigenvalue weighted by molar-refractivity contribution is -0.0570. The summed E-state index contributed by atoms with van der Waals surface area (Å²) in [5.74, 6) is 0.501. The van der Waals surface area contributed by atoms with Crippen LogP contribution in [0.4, 0.5) is 11.6 Å². The SMILES string of the molecule is CC(C)[Si](Cl)(C(C)C)C(C)C.CC(C)[Si]1(C(C)C)OC[C@H]2O[C@@H](n3cnc4c(N)ncnc43)[C@H](O)[C@@H]2O[Si](C(C)C)(C(C)C)O1.Nc1ncnc2c1ncn2[C@@H]1O[C@H](CO)[C@@H](O)[C@H]1O. The summed E-state index contributed by atoms with van der Waals surface area (Å²) < 4.78 is 35.9. The van der Waals surface area contributed by atoms with Gasteiger partial charge in [0.1, 0.15) is 60.3 Å². The second-order valence-corrected chi connectivity index (χ2v) is 35.2. The zero-order chi connectivity index (χ0) is 47.8. The molecule has 0 radical (unpaired) electrons. The fraction of sp³-hybridized carbons (Fsp3) is 0.756. The van der Waals surface area contributed by atoms with Crippen LogP contribution in [0, 0.1) is 0 Å². The van der Waals surface area contributed by atoms with Gasteiger partial charge in [0.25, 0.3) is 0 Å².